The number of hydrogen-bond acceptors (Lipinski definition) is 1. The van der Waals surface area contributed by atoms with Crippen LogP contribution in [-0.4, -0.2) is 10.4 Å². The maximum Gasteiger partial charge on any atom is 0.193 e. The van der Waals surface area contributed by atoms with Gasteiger partial charge in [0.1, 0.15) is 5.60 Å². The molecule has 1 aromatic rings. The highest BCUT2D eigenvalue weighted by molar-refractivity contribution is 6.67. The van der Waals surface area contributed by atoms with Crippen molar-refractivity contribution in [2.75, 3.05) is 6.61 Å². The molecule has 0 aliphatic carbocycles. The summed E-state index contributed by atoms with van der Waals surface area (Å²) >= 11 is 23.4. The summed E-state index contributed by atoms with van der Waals surface area (Å²) in [7, 11) is 0. The molecule has 0 radical (unpaired) electrons. The van der Waals surface area contributed by atoms with E-state index < -0.39 is 9.39 Å². The summed E-state index contributed by atoms with van der Waals surface area (Å²) in [5.74, 6) is 0. The van der Waals surface area contributed by atoms with Crippen molar-refractivity contribution in [1.82, 2.24) is 0 Å². The highest BCUT2D eigenvalue weighted by atomic mass is 35.6. The minimum atomic E-state index is -1.31. The van der Waals surface area contributed by atoms with Crippen LogP contribution in [0, 0.1) is 6.92 Å². The summed E-state index contributed by atoms with van der Waals surface area (Å²) in [5, 5.41) is 0.675. The molecule has 1 heterocycles. The zero-order valence-electron chi connectivity index (χ0n) is 8.57. The van der Waals surface area contributed by atoms with Crippen LogP contribution < -0.4 is 0 Å². The molecule has 1 aliphatic rings. The Bertz CT molecular complexity index is 387. The van der Waals surface area contributed by atoms with E-state index in [1.54, 1.807) is 0 Å². The molecule has 88 valence electrons. The number of epoxide rings is 1. The number of ether oxygens (including phenoxy) is 1. The first-order chi connectivity index (χ1) is 7.31. The van der Waals surface area contributed by atoms with Crippen LogP contribution in [0.15, 0.2) is 18.2 Å². The number of aryl methyl sites for hydroxylation is 1. The van der Waals surface area contributed by atoms with Gasteiger partial charge in [-0.2, -0.15) is 0 Å². The van der Waals surface area contributed by atoms with Crippen LogP contribution in [0.25, 0.3) is 0 Å². The molecule has 1 saturated heterocycles. The molecule has 1 aliphatic heterocycles. The molecular weight excluding hydrogens is 290 g/mol. The molecule has 0 N–H and O–H groups in total. The average molecular weight is 300 g/mol. The lowest BCUT2D eigenvalue weighted by Gasteiger charge is -2.18. The fourth-order valence-corrected chi connectivity index (χ4v) is 2.72. The quantitative estimate of drug-likeness (QED) is 0.573. The van der Waals surface area contributed by atoms with Crippen LogP contribution in [0.3, 0.4) is 0 Å². The number of benzene rings is 1. The standard InChI is InChI=1S/C11H10Cl4O/c1-7-2-8(4-9(12)3-7)10(6-16-10)5-11(13,14)15/h2-4H,5-6H2,1H3. The molecule has 16 heavy (non-hydrogen) atoms. The lowest BCUT2D eigenvalue weighted by Crippen LogP contribution is -2.18. The first-order valence-electron chi connectivity index (χ1n) is 4.79. The van der Waals surface area contributed by atoms with Crippen molar-refractivity contribution in [3.05, 3.63) is 34.3 Å². The third kappa shape index (κ3) is 2.96. The van der Waals surface area contributed by atoms with E-state index >= 15 is 0 Å². The van der Waals surface area contributed by atoms with Gasteiger partial charge >= 0.3 is 0 Å². The summed E-state index contributed by atoms with van der Waals surface area (Å²) in [4.78, 5) is 0. The molecule has 0 aromatic heterocycles. The fourth-order valence-electron chi connectivity index (χ4n) is 1.78. The molecule has 1 atom stereocenters. The molecule has 0 spiro atoms. The van der Waals surface area contributed by atoms with Crippen molar-refractivity contribution in [2.45, 2.75) is 22.7 Å². The van der Waals surface area contributed by atoms with Gasteiger partial charge in [-0.3, -0.25) is 0 Å². The van der Waals surface area contributed by atoms with Crippen LogP contribution in [0.1, 0.15) is 17.5 Å². The van der Waals surface area contributed by atoms with Crippen LogP contribution in [-0.2, 0) is 10.3 Å². The van der Waals surface area contributed by atoms with Gasteiger partial charge in [0.05, 0.1) is 6.61 Å². The molecule has 0 bridgehead atoms. The third-order valence-electron chi connectivity index (χ3n) is 2.55. The molecule has 1 nitrogen and oxygen atoms in total. The summed E-state index contributed by atoms with van der Waals surface area (Å²) in [6.45, 7) is 2.54. The van der Waals surface area contributed by atoms with Gasteiger partial charge in [0.2, 0.25) is 0 Å². The molecule has 0 saturated carbocycles. The number of rotatable bonds is 2. The molecule has 1 unspecified atom stereocenters. The van der Waals surface area contributed by atoms with E-state index in [1.165, 1.54) is 0 Å². The monoisotopic (exact) mass is 298 g/mol. The number of halogens is 4. The minimum absolute atomic E-state index is 0.338. The normalized spacial score (nSPS) is 24.6. The van der Waals surface area contributed by atoms with Crippen LogP contribution in [0.4, 0.5) is 0 Å². The van der Waals surface area contributed by atoms with E-state index in [9.17, 15) is 0 Å². The van der Waals surface area contributed by atoms with Crippen molar-refractivity contribution >= 4 is 46.4 Å². The maximum atomic E-state index is 6.00. The van der Waals surface area contributed by atoms with E-state index in [4.69, 9.17) is 51.1 Å². The smallest absolute Gasteiger partial charge is 0.193 e. The lowest BCUT2D eigenvalue weighted by atomic mass is 9.95. The van der Waals surface area contributed by atoms with Gasteiger partial charge in [0.25, 0.3) is 0 Å². The Morgan fingerprint density at radius 2 is 1.94 bits per heavy atom. The second kappa shape index (κ2) is 4.22. The molecule has 5 heteroatoms. The van der Waals surface area contributed by atoms with Gasteiger partial charge in [-0.1, -0.05) is 52.5 Å². The SMILES string of the molecule is Cc1cc(Cl)cc(C2(CC(Cl)(Cl)Cl)CO2)c1. The molecule has 2 rings (SSSR count). The first kappa shape index (κ1) is 12.8. The van der Waals surface area contributed by atoms with Crippen LogP contribution in [0.2, 0.25) is 5.02 Å². The Labute approximate surface area is 115 Å². The van der Waals surface area contributed by atoms with E-state index in [1.807, 2.05) is 25.1 Å². The Morgan fingerprint density at radius 3 is 2.38 bits per heavy atom. The van der Waals surface area contributed by atoms with Crippen molar-refractivity contribution in [2.24, 2.45) is 0 Å². The van der Waals surface area contributed by atoms with Crippen LogP contribution in [0.5, 0.6) is 0 Å². The molecule has 1 aromatic carbocycles. The van der Waals surface area contributed by atoms with Gasteiger partial charge in [0, 0.05) is 11.4 Å². The molecule has 1 fully saturated rings. The Hall–Kier alpha value is 0.340. The van der Waals surface area contributed by atoms with Gasteiger partial charge in [-0.05, 0) is 30.2 Å². The Morgan fingerprint density at radius 1 is 1.31 bits per heavy atom. The second-order valence-electron chi connectivity index (χ2n) is 4.09. The summed E-state index contributed by atoms with van der Waals surface area (Å²) in [6, 6.07) is 5.75. The summed E-state index contributed by atoms with van der Waals surface area (Å²) in [6.07, 6.45) is 0.338. The predicted molar refractivity (Wildman–Crippen MR) is 68.7 cm³/mol. The fraction of sp³-hybridized carbons (Fsp3) is 0.455. The van der Waals surface area contributed by atoms with E-state index in [-0.39, 0.29) is 0 Å². The highest BCUT2D eigenvalue weighted by Gasteiger charge is 2.51. The number of alkyl halides is 3. The lowest BCUT2D eigenvalue weighted by molar-refractivity contribution is 0.295. The van der Waals surface area contributed by atoms with Gasteiger partial charge < -0.3 is 4.74 Å². The first-order valence-corrected chi connectivity index (χ1v) is 6.30. The largest absolute Gasteiger partial charge is 0.364 e. The van der Waals surface area contributed by atoms with Crippen molar-refractivity contribution < 1.29 is 4.74 Å². The average Bonchev–Trinajstić information content (AvgIpc) is 2.80. The van der Waals surface area contributed by atoms with Crippen molar-refractivity contribution in [1.29, 1.82) is 0 Å². The molecular formula is C11H10Cl4O. The number of hydrogen-bond donors (Lipinski definition) is 0. The zero-order valence-corrected chi connectivity index (χ0v) is 11.6. The van der Waals surface area contributed by atoms with E-state index in [2.05, 4.69) is 0 Å². The third-order valence-corrected chi connectivity index (χ3v) is 3.17. The molecule has 0 amide bonds. The Balaban J connectivity index is 2.30. The highest BCUT2D eigenvalue weighted by Crippen LogP contribution is 2.50. The topological polar surface area (TPSA) is 12.5 Å². The van der Waals surface area contributed by atoms with Crippen molar-refractivity contribution in [3.8, 4) is 0 Å². The maximum absolute atomic E-state index is 6.00. The summed E-state index contributed by atoms with van der Waals surface area (Å²) in [5.41, 5.74) is 1.58. The van der Waals surface area contributed by atoms with Gasteiger partial charge in [-0.25, -0.2) is 0 Å². The Kier molecular flexibility index (Phi) is 3.37. The van der Waals surface area contributed by atoms with E-state index in [0.717, 1.165) is 11.1 Å². The van der Waals surface area contributed by atoms with Crippen LogP contribution >= 0.6 is 46.4 Å². The zero-order chi connectivity index (χ0) is 12.0. The van der Waals surface area contributed by atoms with Gasteiger partial charge in [-0.15, -0.1) is 0 Å². The predicted octanol–water partition coefficient (Wildman–Crippen LogP) is 4.63. The second-order valence-corrected chi connectivity index (χ2v) is 7.04. The van der Waals surface area contributed by atoms with E-state index in [0.29, 0.717) is 18.1 Å². The van der Waals surface area contributed by atoms with Gasteiger partial charge in [0.15, 0.2) is 3.79 Å². The van der Waals surface area contributed by atoms with Crippen molar-refractivity contribution in [3.63, 3.8) is 0 Å². The summed E-state index contributed by atoms with van der Waals surface area (Å²) < 4.78 is 4.14. The minimum Gasteiger partial charge on any atom is -0.364 e.